The van der Waals surface area contributed by atoms with Gasteiger partial charge in [-0.1, -0.05) is 12.1 Å². The van der Waals surface area contributed by atoms with Crippen molar-refractivity contribution >= 4 is 11.0 Å². The van der Waals surface area contributed by atoms with Gasteiger partial charge < -0.3 is 9.67 Å². The smallest absolute Gasteiger partial charge is 0.138 e. The minimum Gasteiger partial charge on any atom is -0.385 e. The number of rotatable bonds is 0. The summed E-state index contributed by atoms with van der Waals surface area (Å²) in [5, 5.41) is 9.87. The summed E-state index contributed by atoms with van der Waals surface area (Å²) < 4.78 is 2.15. The molecular formula is C12H14N2O. The Bertz CT molecular complexity index is 516. The zero-order chi connectivity index (χ0) is 10.4. The zero-order valence-electron chi connectivity index (χ0n) is 8.77. The van der Waals surface area contributed by atoms with E-state index in [-0.39, 0.29) is 6.10 Å². The summed E-state index contributed by atoms with van der Waals surface area (Å²) in [7, 11) is 0. The Labute approximate surface area is 88.4 Å². The lowest BCUT2D eigenvalue weighted by molar-refractivity contribution is 0.135. The van der Waals surface area contributed by atoms with Crippen LogP contribution in [0.1, 0.15) is 30.3 Å². The molecule has 1 aromatic carbocycles. The largest absolute Gasteiger partial charge is 0.385 e. The van der Waals surface area contributed by atoms with Gasteiger partial charge in [-0.3, -0.25) is 0 Å². The van der Waals surface area contributed by atoms with Gasteiger partial charge in [-0.05, 0) is 31.4 Å². The van der Waals surface area contributed by atoms with E-state index in [0.717, 1.165) is 36.2 Å². The van der Waals surface area contributed by atoms with Gasteiger partial charge in [-0.25, -0.2) is 4.98 Å². The van der Waals surface area contributed by atoms with Crippen LogP contribution in [0.15, 0.2) is 18.2 Å². The van der Waals surface area contributed by atoms with Crippen LogP contribution in [0.4, 0.5) is 0 Å². The second kappa shape index (κ2) is 3.07. The molecule has 0 bridgehead atoms. The van der Waals surface area contributed by atoms with E-state index in [2.05, 4.69) is 28.6 Å². The lowest BCUT2D eigenvalue weighted by Crippen LogP contribution is -2.15. The molecule has 2 aromatic rings. The Balaban J connectivity index is 2.35. The van der Waals surface area contributed by atoms with Crippen molar-refractivity contribution in [3.63, 3.8) is 0 Å². The molecule has 3 rings (SSSR count). The zero-order valence-corrected chi connectivity index (χ0v) is 8.77. The Morgan fingerprint density at radius 2 is 2.33 bits per heavy atom. The average molecular weight is 202 g/mol. The molecule has 1 unspecified atom stereocenters. The van der Waals surface area contributed by atoms with Crippen LogP contribution >= 0.6 is 0 Å². The number of aromatic nitrogens is 2. The molecule has 0 saturated heterocycles. The van der Waals surface area contributed by atoms with Crippen molar-refractivity contribution in [3.8, 4) is 0 Å². The fraction of sp³-hybridized carbons (Fsp3) is 0.417. The van der Waals surface area contributed by atoms with Gasteiger partial charge in [0.2, 0.25) is 0 Å². The standard InChI is InChI=1S/C12H14N2O/c1-8-4-2-5-9-11(8)13-12-10(15)6-3-7-14(9)12/h2,4-5,10,15H,3,6-7H2,1H3. The SMILES string of the molecule is Cc1cccc2c1nc1n2CCCC1O. The van der Waals surface area contributed by atoms with Crippen molar-refractivity contribution in [1.29, 1.82) is 0 Å². The highest BCUT2D eigenvalue weighted by atomic mass is 16.3. The molecule has 0 aliphatic carbocycles. The highest BCUT2D eigenvalue weighted by molar-refractivity contribution is 5.79. The number of para-hydroxylation sites is 1. The van der Waals surface area contributed by atoms with Gasteiger partial charge in [0.25, 0.3) is 0 Å². The van der Waals surface area contributed by atoms with Gasteiger partial charge in [0.1, 0.15) is 11.9 Å². The van der Waals surface area contributed by atoms with Crippen molar-refractivity contribution in [2.24, 2.45) is 0 Å². The van der Waals surface area contributed by atoms with Gasteiger partial charge >= 0.3 is 0 Å². The van der Waals surface area contributed by atoms with E-state index >= 15 is 0 Å². The number of imidazole rings is 1. The normalized spacial score (nSPS) is 20.5. The Kier molecular flexibility index (Phi) is 1.83. The van der Waals surface area contributed by atoms with Gasteiger partial charge in [-0.2, -0.15) is 0 Å². The third kappa shape index (κ3) is 1.20. The number of nitrogens with zero attached hydrogens (tertiary/aromatic N) is 2. The third-order valence-corrected chi connectivity index (χ3v) is 3.17. The summed E-state index contributed by atoms with van der Waals surface area (Å²) in [4.78, 5) is 4.55. The predicted molar refractivity (Wildman–Crippen MR) is 58.7 cm³/mol. The fourth-order valence-electron chi connectivity index (χ4n) is 2.37. The molecule has 0 fully saturated rings. The number of aryl methyl sites for hydroxylation is 2. The minimum absolute atomic E-state index is 0.384. The van der Waals surface area contributed by atoms with Crippen molar-refractivity contribution in [2.75, 3.05) is 0 Å². The monoisotopic (exact) mass is 202 g/mol. The number of benzene rings is 1. The number of hydrogen-bond donors (Lipinski definition) is 1. The van der Waals surface area contributed by atoms with E-state index in [1.54, 1.807) is 0 Å². The molecule has 78 valence electrons. The molecule has 1 atom stereocenters. The van der Waals surface area contributed by atoms with Crippen molar-refractivity contribution in [3.05, 3.63) is 29.6 Å². The summed E-state index contributed by atoms with van der Waals surface area (Å²) >= 11 is 0. The average Bonchev–Trinajstić information content (AvgIpc) is 2.60. The van der Waals surface area contributed by atoms with Crippen LogP contribution in [0, 0.1) is 6.92 Å². The first kappa shape index (κ1) is 8.92. The second-order valence-corrected chi connectivity index (χ2v) is 4.22. The molecule has 1 N–H and O–H groups in total. The Morgan fingerprint density at radius 1 is 1.47 bits per heavy atom. The Morgan fingerprint density at radius 3 is 3.20 bits per heavy atom. The molecule has 0 spiro atoms. The van der Waals surface area contributed by atoms with Gasteiger partial charge in [0.15, 0.2) is 0 Å². The van der Waals surface area contributed by atoms with Crippen molar-refractivity contribution in [2.45, 2.75) is 32.4 Å². The van der Waals surface area contributed by atoms with Crippen LogP contribution in [0.25, 0.3) is 11.0 Å². The van der Waals surface area contributed by atoms with Crippen molar-refractivity contribution < 1.29 is 5.11 Å². The van der Waals surface area contributed by atoms with E-state index in [1.165, 1.54) is 5.56 Å². The minimum atomic E-state index is -0.384. The molecule has 3 nitrogen and oxygen atoms in total. The topological polar surface area (TPSA) is 38.0 Å². The first-order valence-corrected chi connectivity index (χ1v) is 5.41. The Hall–Kier alpha value is -1.35. The first-order valence-electron chi connectivity index (χ1n) is 5.41. The fourth-order valence-corrected chi connectivity index (χ4v) is 2.37. The molecule has 1 aliphatic rings. The molecule has 0 saturated carbocycles. The quantitative estimate of drug-likeness (QED) is 0.711. The molecule has 1 aliphatic heterocycles. The maximum atomic E-state index is 9.87. The number of hydrogen-bond acceptors (Lipinski definition) is 2. The predicted octanol–water partition coefficient (Wildman–Crippen LogP) is 2.17. The van der Waals surface area contributed by atoms with Crippen LogP contribution in [0.2, 0.25) is 0 Å². The van der Waals surface area contributed by atoms with Crippen molar-refractivity contribution in [1.82, 2.24) is 9.55 Å². The van der Waals surface area contributed by atoms with Gasteiger partial charge in [-0.15, -0.1) is 0 Å². The summed E-state index contributed by atoms with van der Waals surface area (Å²) in [6.45, 7) is 3.04. The highest BCUT2D eigenvalue weighted by Crippen LogP contribution is 2.29. The summed E-state index contributed by atoms with van der Waals surface area (Å²) in [6.07, 6.45) is 1.49. The van der Waals surface area contributed by atoms with Gasteiger partial charge in [0, 0.05) is 6.54 Å². The van der Waals surface area contributed by atoms with Crippen LogP contribution in [0.3, 0.4) is 0 Å². The molecule has 15 heavy (non-hydrogen) atoms. The van der Waals surface area contributed by atoms with Crippen LogP contribution in [-0.2, 0) is 6.54 Å². The summed E-state index contributed by atoms with van der Waals surface area (Å²) in [5.41, 5.74) is 3.37. The van der Waals surface area contributed by atoms with Crippen LogP contribution < -0.4 is 0 Å². The summed E-state index contributed by atoms with van der Waals surface area (Å²) in [6, 6.07) is 6.19. The molecule has 3 heteroatoms. The molecule has 2 heterocycles. The number of fused-ring (bicyclic) bond motifs is 3. The number of aliphatic hydroxyl groups excluding tert-OH is 1. The molecule has 0 amide bonds. The third-order valence-electron chi connectivity index (χ3n) is 3.17. The van der Waals surface area contributed by atoms with E-state index in [9.17, 15) is 5.11 Å². The van der Waals surface area contributed by atoms with Gasteiger partial charge in [0.05, 0.1) is 11.0 Å². The van der Waals surface area contributed by atoms with E-state index in [0.29, 0.717) is 0 Å². The maximum Gasteiger partial charge on any atom is 0.138 e. The molecular weight excluding hydrogens is 188 g/mol. The van der Waals surface area contributed by atoms with Crippen LogP contribution in [0.5, 0.6) is 0 Å². The summed E-state index contributed by atoms with van der Waals surface area (Å²) in [5.74, 6) is 0.838. The first-order chi connectivity index (χ1) is 7.27. The molecule has 0 radical (unpaired) electrons. The lowest BCUT2D eigenvalue weighted by Gasteiger charge is -2.19. The maximum absolute atomic E-state index is 9.87. The highest BCUT2D eigenvalue weighted by Gasteiger charge is 2.22. The second-order valence-electron chi connectivity index (χ2n) is 4.22. The van der Waals surface area contributed by atoms with E-state index in [4.69, 9.17) is 0 Å². The van der Waals surface area contributed by atoms with E-state index in [1.807, 2.05) is 6.07 Å². The molecule has 1 aromatic heterocycles. The van der Waals surface area contributed by atoms with E-state index < -0.39 is 0 Å². The number of aliphatic hydroxyl groups is 1. The van der Waals surface area contributed by atoms with Crippen LogP contribution in [-0.4, -0.2) is 14.7 Å². The lowest BCUT2D eigenvalue weighted by atomic mass is 10.1.